The minimum Gasteiger partial charge on any atom is -0.384 e. The fourth-order valence-electron chi connectivity index (χ4n) is 2.64. The summed E-state index contributed by atoms with van der Waals surface area (Å²) in [6, 6.07) is 7.78. The number of carbonyl (C=O) groups excluding carboxylic acids is 3. The normalized spacial score (nSPS) is 12.7. The maximum Gasteiger partial charge on any atom is 0.262 e. The summed E-state index contributed by atoms with van der Waals surface area (Å²) >= 11 is 0. The summed E-state index contributed by atoms with van der Waals surface area (Å²) in [5.74, 6) is -1.40. The summed E-state index contributed by atoms with van der Waals surface area (Å²) in [5.41, 5.74) is 6.66. The van der Waals surface area contributed by atoms with Gasteiger partial charge < -0.3 is 10.6 Å². The van der Waals surface area contributed by atoms with Crippen LogP contribution in [-0.2, 0) is 11.2 Å². The Morgan fingerprint density at radius 2 is 1.76 bits per heavy atom. The molecule has 1 aliphatic heterocycles. The number of nitrogens with zero attached hydrogens (tertiary/aromatic N) is 2. The number of rotatable bonds is 3. The van der Waals surface area contributed by atoms with Crippen LogP contribution in [0.5, 0.6) is 0 Å². The van der Waals surface area contributed by atoms with Crippen LogP contribution < -0.4 is 16.6 Å². The maximum atomic E-state index is 12.3. The number of aromatic nitrogens is 1. The van der Waals surface area contributed by atoms with Crippen LogP contribution in [0.1, 0.15) is 26.3 Å². The zero-order chi connectivity index (χ0) is 18.3. The third-order valence-electron chi connectivity index (χ3n) is 4.00. The number of amides is 3. The second kappa shape index (κ2) is 5.90. The van der Waals surface area contributed by atoms with Crippen molar-refractivity contribution in [2.45, 2.75) is 6.42 Å². The second-order valence-electron chi connectivity index (χ2n) is 5.91. The Bertz CT molecular complexity index is 958. The standard InChI is InChI=1S/C17H16N4O4/c1-20(2)12(22)7-9-3-5-10(6-4-9)21-13(23)8-11-14(15(21)18)17(25)19-16(11)24/h3-6,8H,7,18H2,1-2H3,(H,19,24,25). The SMILES string of the molecule is CN(C)C(=O)Cc1ccc(-n2c(N)c3c(cc2=O)C(=O)NC3=O)cc1. The van der Waals surface area contributed by atoms with Gasteiger partial charge in [0.1, 0.15) is 5.82 Å². The van der Waals surface area contributed by atoms with Gasteiger partial charge in [0.15, 0.2) is 0 Å². The molecule has 128 valence electrons. The molecule has 8 heteroatoms. The number of anilines is 1. The first kappa shape index (κ1) is 16.4. The first-order valence-electron chi connectivity index (χ1n) is 7.50. The molecule has 2 aromatic rings. The second-order valence-corrected chi connectivity index (χ2v) is 5.91. The van der Waals surface area contributed by atoms with E-state index in [-0.39, 0.29) is 29.3 Å². The van der Waals surface area contributed by atoms with Crippen LogP contribution in [0.3, 0.4) is 0 Å². The average Bonchev–Trinajstić information content (AvgIpc) is 2.83. The number of hydrogen-bond acceptors (Lipinski definition) is 5. The molecule has 25 heavy (non-hydrogen) atoms. The molecule has 8 nitrogen and oxygen atoms in total. The van der Waals surface area contributed by atoms with Gasteiger partial charge in [-0.25, -0.2) is 0 Å². The van der Waals surface area contributed by atoms with Crippen molar-refractivity contribution in [3.63, 3.8) is 0 Å². The van der Waals surface area contributed by atoms with E-state index in [0.29, 0.717) is 5.69 Å². The van der Waals surface area contributed by atoms with E-state index in [0.717, 1.165) is 16.2 Å². The van der Waals surface area contributed by atoms with E-state index in [9.17, 15) is 19.2 Å². The highest BCUT2D eigenvalue weighted by molar-refractivity contribution is 6.23. The monoisotopic (exact) mass is 340 g/mol. The van der Waals surface area contributed by atoms with E-state index in [1.165, 1.54) is 4.90 Å². The quantitative estimate of drug-likeness (QED) is 0.759. The van der Waals surface area contributed by atoms with Crippen molar-refractivity contribution in [2.24, 2.45) is 0 Å². The number of nitrogen functional groups attached to an aromatic ring is 1. The smallest absolute Gasteiger partial charge is 0.262 e. The number of likely N-dealkylation sites (N-methyl/N-ethyl adjacent to an activating group) is 1. The molecule has 1 aromatic carbocycles. The minimum atomic E-state index is -0.631. The zero-order valence-corrected chi connectivity index (χ0v) is 13.7. The van der Waals surface area contributed by atoms with Gasteiger partial charge in [-0.1, -0.05) is 12.1 Å². The highest BCUT2D eigenvalue weighted by atomic mass is 16.2. The van der Waals surface area contributed by atoms with E-state index >= 15 is 0 Å². The Labute approximate surface area is 142 Å². The van der Waals surface area contributed by atoms with Crippen LogP contribution in [0.2, 0.25) is 0 Å². The topological polar surface area (TPSA) is 114 Å². The molecule has 2 heterocycles. The number of carbonyl (C=O) groups is 3. The summed E-state index contributed by atoms with van der Waals surface area (Å²) < 4.78 is 1.16. The van der Waals surface area contributed by atoms with Crippen LogP contribution in [0.4, 0.5) is 5.82 Å². The van der Waals surface area contributed by atoms with Crippen LogP contribution >= 0.6 is 0 Å². The Kier molecular flexibility index (Phi) is 3.88. The molecule has 1 aromatic heterocycles. The van der Waals surface area contributed by atoms with E-state index in [1.54, 1.807) is 38.4 Å². The molecule has 0 unspecified atom stereocenters. The lowest BCUT2D eigenvalue weighted by Crippen LogP contribution is -2.24. The summed E-state index contributed by atoms with van der Waals surface area (Å²) in [4.78, 5) is 49.1. The van der Waals surface area contributed by atoms with E-state index < -0.39 is 17.4 Å². The number of benzene rings is 1. The number of nitrogens with one attached hydrogen (secondary N) is 1. The Morgan fingerprint density at radius 3 is 2.36 bits per heavy atom. The molecular formula is C17H16N4O4. The predicted octanol–water partition coefficient (Wildman–Crippen LogP) is -0.0660. The molecule has 0 saturated carbocycles. The lowest BCUT2D eigenvalue weighted by molar-refractivity contribution is -0.127. The maximum absolute atomic E-state index is 12.3. The molecule has 0 spiro atoms. The molecule has 0 fully saturated rings. The van der Waals surface area contributed by atoms with Crippen molar-refractivity contribution >= 4 is 23.5 Å². The molecule has 0 bridgehead atoms. The van der Waals surface area contributed by atoms with Crippen molar-refractivity contribution in [2.75, 3.05) is 19.8 Å². The lowest BCUT2D eigenvalue weighted by atomic mass is 10.1. The van der Waals surface area contributed by atoms with Gasteiger partial charge in [-0.15, -0.1) is 0 Å². The molecule has 0 radical (unpaired) electrons. The molecule has 3 amide bonds. The molecule has 1 aliphatic rings. The summed E-state index contributed by atoms with van der Waals surface area (Å²) in [6.45, 7) is 0. The van der Waals surface area contributed by atoms with E-state index in [4.69, 9.17) is 5.73 Å². The fourth-order valence-corrected chi connectivity index (χ4v) is 2.64. The van der Waals surface area contributed by atoms with Crippen LogP contribution in [0, 0.1) is 0 Å². The average molecular weight is 340 g/mol. The summed E-state index contributed by atoms with van der Waals surface area (Å²) in [7, 11) is 3.35. The fraction of sp³-hybridized carbons (Fsp3) is 0.176. The molecule has 0 aliphatic carbocycles. The van der Waals surface area contributed by atoms with Gasteiger partial charge in [-0.2, -0.15) is 0 Å². The van der Waals surface area contributed by atoms with Gasteiger partial charge in [-0.3, -0.25) is 29.1 Å². The van der Waals surface area contributed by atoms with Crippen molar-refractivity contribution in [3.8, 4) is 5.69 Å². The van der Waals surface area contributed by atoms with Crippen LogP contribution in [0.25, 0.3) is 5.69 Å². The third kappa shape index (κ3) is 2.78. The molecular weight excluding hydrogens is 324 g/mol. The first-order valence-corrected chi connectivity index (χ1v) is 7.50. The Morgan fingerprint density at radius 1 is 1.12 bits per heavy atom. The van der Waals surface area contributed by atoms with Gasteiger partial charge in [0, 0.05) is 20.2 Å². The van der Waals surface area contributed by atoms with E-state index in [1.807, 2.05) is 0 Å². The Hall–Kier alpha value is -3.42. The van der Waals surface area contributed by atoms with Gasteiger partial charge in [0.2, 0.25) is 5.91 Å². The first-order chi connectivity index (χ1) is 11.8. The number of fused-ring (bicyclic) bond motifs is 1. The third-order valence-corrected chi connectivity index (χ3v) is 4.00. The molecule has 3 N–H and O–H groups in total. The van der Waals surface area contributed by atoms with Gasteiger partial charge in [0.25, 0.3) is 17.4 Å². The number of nitrogens with two attached hydrogens (primary N) is 1. The van der Waals surface area contributed by atoms with E-state index in [2.05, 4.69) is 5.32 Å². The Balaban J connectivity index is 2.02. The van der Waals surface area contributed by atoms with Gasteiger partial charge in [-0.05, 0) is 17.7 Å². The highest BCUT2D eigenvalue weighted by Crippen LogP contribution is 2.23. The largest absolute Gasteiger partial charge is 0.384 e. The van der Waals surface area contributed by atoms with Crippen LogP contribution in [0.15, 0.2) is 35.1 Å². The van der Waals surface area contributed by atoms with Crippen molar-refractivity contribution < 1.29 is 14.4 Å². The van der Waals surface area contributed by atoms with Gasteiger partial charge >= 0.3 is 0 Å². The molecule has 3 rings (SSSR count). The molecule has 0 atom stereocenters. The molecule has 0 saturated heterocycles. The lowest BCUT2D eigenvalue weighted by Gasteiger charge is -2.13. The number of imide groups is 1. The van der Waals surface area contributed by atoms with Crippen LogP contribution in [-0.4, -0.2) is 41.3 Å². The van der Waals surface area contributed by atoms with Gasteiger partial charge in [0.05, 0.1) is 23.2 Å². The summed E-state index contributed by atoms with van der Waals surface area (Å²) in [6.07, 6.45) is 0.235. The summed E-state index contributed by atoms with van der Waals surface area (Å²) in [5, 5.41) is 2.12. The number of hydrogen-bond donors (Lipinski definition) is 2. The van der Waals surface area contributed by atoms with Crippen molar-refractivity contribution in [3.05, 3.63) is 57.4 Å². The van der Waals surface area contributed by atoms with Crippen molar-refractivity contribution in [1.82, 2.24) is 14.8 Å². The predicted molar refractivity (Wildman–Crippen MR) is 90.6 cm³/mol. The number of pyridine rings is 1. The highest BCUT2D eigenvalue weighted by Gasteiger charge is 2.31. The minimum absolute atomic E-state index is 0.00328. The zero-order valence-electron chi connectivity index (χ0n) is 13.7. The van der Waals surface area contributed by atoms with Crippen molar-refractivity contribution in [1.29, 1.82) is 0 Å².